The standard InChI is InChI=1S/C12H12ClNO2/c13-10-7-8(5-6-11(10)15)12(16)14-9-3-1-2-4-9/h1-2,5-7,9,15H,3-4H2,(H,14,16). The van der Waals surface area contributed by atoms with E-state index in [0.717, 1.165) is 12.8 Å². The van der Waals surface area contributed by atoms with Crippen LogP contribution in [0, 0.1) is 0 Å². The predicted octanol–water partition coefficient (Wildman–Crippen LogP) is 2.49. The van der Waals surface area contributed by atoms with Crippen molar-refractivity contribution in [2.24, 2.45) is 0 Å². The van der Waals surface area contributed by atoms with Crippen molar-refractivity contribution in [2.45, 2.75) is 18.9 Å². The minimum absolute atomic E-state index is 0.0132. The molecule has 3 nitrogen and oxygen atoms in total. The molecule has 0 bridgehead atoms. The summed E-state index contributed by atoms with van der Waals surface area (Å²) in [4.78, 5) is 11.8. The Hall–Kier alpha value is -1.48. The molecular weight excluding hydrogens is 226 g/mol. The van der Waals surface area contributed by atoms with Crippen molar-refractivity contribution in [2.75, 3.05) is 0 Å². The fourth-order valence-corrected chi connectivity index (χ4v) is 1.83. The van der Waals surface area contributed by atoms with E-state index in [-0.39, 0.29) is 22.7 Å². The lowest BCUT2D eigenvalue weighted by molar-refractivity contribution is 0.0939. The molecule has 0 aliphatic heterocycles. The van der Waals surface area contributed by atoms with Gasteiger partial charge in [-0.1, -0.05) is 23.8 Å². The maximum Gasteiger partial charge on any atom is 0.251 e. The molecule has 0 heterocycles. The van der Waals surface area contributed by atoms with Crippen LogP contribution in [-0.4, -0.2) is 17.1 Å². The van der Waals surface area contributed by atoms with E-state index in [1.165, 1.54) is 12.1 Å². The maximum absolute atomic E-state index is 11.8. The number of hydrogen-bond acceptors (Lipinski definition) is 2. The molecular formula is C12H12ClNO2. The van der Waals surface area contributed by atoms with Gasteiger partial charge in [0, 0.05) is 11.6 Å². The molecule has 4 heteroatoms. The maximum atomic E-state index is 11.8. The SMILES string of the molecule is O=C(NC1CC=CC1)c1ccc(O)c(Cl)c1. The third-order valence-electron chi connectivity index (χ3n) is 2.55. The van der Waals surface area contributed by atoms with E-state index < -0.39 is 0 Å². The molecule has 0 aromatic heterocycles. The molecule has 1 aliphatic rings. The summed E-state index contributed by atoms with van der Waals surface area (Å²) in [5.41, 5.74) is 0.467. The smallest absolute Gasteiger partial charge is 0.251 e. The number of aromatic hydroxyl groups is 1. The summed E-state index contributed by atoms with van der Waals surface area (Å²) in [5.74, 6) is -0.170. The van der Waals surface area contributed by atoms with Crippen molar-refractivity contribution in [1.29, 1.82) is 0 Å². The van der Waals surface area contributed by atoms with Gasteiger partial charge in [-0.25, -0.2) is 0 Å². The van der Waals surface area contributed by atoms with E-state index in [0.29, 0.717) is 5.56 Å². The first-order valence-corrected chi connectivity index (χ1v) is 5.49. The minimum atomic E-state index is -0.157. The first kappa shape index (κ1) is 11.0. The lowest BCUT2D eigenvalue weighted by Crippen LogP contribution is -2.32. The van der Waals surface area contributed by atoms with E-state index >= 15 is 0 Å². The second-order valence-corrected chi connectivity index (χ2v) is 4.19. The molecule has 1 aliphatic carbocycles. The molecule has 0 saturated heterocycles. The Morgan fingerprint density at radius 1 is 1.38 bits per heavy atom. The van der Waals surface area contributed by atoms with Crippen LogP contribution in [0.4, 0.5) is 0 Å². The second kappa shape index (κ2) is 4.58. The van der Waals surface area contributed by atoms with Crippen LogP contribution in [0.1, 0.15) is 23.2 Å². The summed E-state index contributed by atoms with van der Waals surface area (Å²) in [6, 6.07) is 4.62. The van der Waals surface area contributed by atoms with Gasteiger partial charge in [0.25, 0.3) is 5.91 Å². The summed E-state index contributed by atoms with van der Waals surface area (Å²) in [5, 5.41) is 12.3. The van der Waals surface area contributed by atoms with Gasteiger partial charge in [0.15, 0.2) is 0 Å². The predicted molar refractivity (Wildman–Crippen MR) is 62.7 cm³/mol. The van der Waals surface area contributed by atoms with Crippen molar-refractivity contribution in [3.05, 3.63) is 40.9 Å². The zero-order chi connectivity index (χ0) is 11.5. The van der Waals surface area contributed by atoms with Crippen LogP contribution in [0.5, 0.6) is 5.75 Å². The van der Waals surface area contributed by atoms with E-state index in [9.17, 15) is 9.90 Å². The van der Waals surface area contributed by atoms with E-state index in [2.05, 4.69) is 17.5 Å². The summed E-state index contributed by atoms with van der Waals surface area (Å²) < 4.78 is 0. The topological polar surface area (TPSA) is 49.3 Å². The zero-order valence-electron chi connectivity index (χ0n) is 8.61. The largest absolute Gasteiger partial charge is 0.506 e. The molecule has 1 aromatic carbocycles. The van der Waals surface area contributed by atoms with Gasteiger partial charge >= 0.3 is 0 Å². The number of amides is 1. The van der Waals surface area contributed by atoms with Gasteiger partial charge in [-0.05, 0) is 31.0 Å². The molecule has 0 radical (unpaired) electrons. The first-order valence-electron chi connectivity index (χ1n) is 5.11. The number of carbonyl (C=O) groups excluding carboxylic acids is 1. The lowest BCUT2D eigenvalue weighted by Gasteiger charge is -2.12. The first-order chi connectivity index (χ1) is 7.66. The fraction of sp³-hybridized carbons (Fsp3) is 0.250. The average Bonchev–Trinajstić information content (AvgIpc) is 2.74. The highest BCUT2D eigenvalue weighted by atomic mass is 35.5. The van der Waals surface area contributed by atoms with Crippen molar-refractivity contribution in [3.8, 4) is 5.75 Å². The highest BCUT2D eigenvalue weighted by molar-refractivity contribution is 6.32. The zero-order valence-corrected chi connectivity index (χ0v) is 9.37. The van der Waals surface area contributed by atoms with Crippen LogP contribution >= 0.6 is 11.6 Å². The van der Waals surface area contributed by atoms with Gasteiger partial charge in [0.05, 0.1) is 5.02 Å². The second-order valence-electron chi connectivity index (χ2n) is 3.78. The van der Waals surface area contributed by atoms with Crippen molar-refractivity contribution in [1.82, 2.24) is 5.32 Å². The molecule has 2 rings (SSSR count). The Labute approximate surface area is 98.7 Å². The number of rotatable bonds is 2. The quantitative estimate of drug-likeness (QED) is 0.777. The Kier molecular flexibility index (Phi) is 3.15. The summed E-state index contributed by atoms with van der Waals surface area (Å²) in [7, 11) is 0. The highest BCUT2D eigenvalue weighted by Gasteiger charge is 2.15. The van der Waals surface area contributed by atoms with Crippen molar-refractivity contribution >= 4 is 17.5 Å². The number of phenolic OH excluding ortho intramolecular Hbond substituents is 1. The van der Waals surface area contributed by atoms with Gasteiger partial charge in [-0.15, -0.1) is 0 Å². The molecule has 16 heavy (non-hydrogen) atoms. The van der Waals surface area contributed by atoms with Crippen LogP contribution in [-0.2, 0) is 0 Å². The number of benzene rings is 1. The Balaban J connectivity index is 2.05. The minimum Gasteiger partial charge on any atom is -0.506 e. The molecule has 0 fully saturated rings. The highest BCUT2D eigenvalue weighted by Crippen LogP contribution is 2.23. The molecule has 0 unspecified atom stereocenters. The summed E-state index contributed by atoms with van der Waals surface area (Å²) in [6.07, 6.45) is 5.85. The van der Waals surface area contributed by atoms with Gasteiger partial charge in [0.1, 0.15) is 5.75 Å². The molecule has 0 spiro atoms. The van der Waals surface area contributed by atoms with Crippen molar-refractivity contribution < 1.29 is 9.90 Å². The molecule has 1 aromatic rings. The Morgan fingerprint density at radius 3 is 2.69 bits per heavy atom. The summed E-state index contributed by atoms with van der Waals surface area (Å²) >= 11 is 5.73. The van der Waals surface area contributed by atoms with Gasteiger partial charge in [0.2, 0.25) is 0 Å². The van der Waals surface area contributed by atoms with Crippen LogP contribution in [0.15, 0.2) is 30.4 Å². The average molecular weight is 238 g/mol. The fourth-order valence-electron chi connectivity index (χ4n) is 1.65. The molecule has 1 amide bonds. The monoisotopic (exact) mass is 237 g/mol. The van der Waals surface area contributed by atoms with Crippen LogP contribution in [0.25, 0.3) is 0 Å². The molecule has 84 valence electrons. The van der Waals surface area contributed by atoms with E-state index in [1.54, 1.807) is 6.07 Å². The van der Waals surface area contributed by atoms with Crippen LogP contribution in [0.2, 0.25) is 5.02 Å². The number of hydrogen-bond donors (Lipinski definition) is 2. The summed E-state index contributed by atoms with van der Waals surface area (Å²) in [6.45, 7) is 0. The normalized spacial score (nSPS) is 15.3. The number of carbonyl (C=O) groups is 1. The Bertz CT molecular complexity index is 435. The molecule has 0 atom stereocenters. The van der Waals surface area contributed by atoms with E-state index in [4.69, 9.17) is 11.6 Å². The van der Waals surface area contributed by atoms with Gasteiger partial charge < -0.3 is 10.4 Å². The Morgan fingerprint density at radius 2 is 2.06 bits per heavy atom. The van der Waals surface area contributed by atoms with Crippen molar-refractivity contribution in [3.63, 3.8) is 0 Å². The third kappa shape index (κ3) is 2.36. The van der Waals surface area contributed by atoms with E-state index in [1.807, 2.05) is 0 Å². The van der Waals surface area contributed by atoms with Gasteiger partial charge in [-0.3, -0.25) is 4.79 Å². The molecule has 0 saturated carbocycles. The lowest BCUT2D eigenvalue weighted by atomic mass is 10.1. The van der Waals surface area contributed by atoms with Crippen LogP contribution < -0.4 is 5.32 Å². The third-order valence-corrected chi connectivity index (χ3v) is 2.86. The van der Waals surface area contributed by atoms with Crippen LogP contribution in [0.3, 0.4) is 0 Å². The number of phenols is 1. The number of halogens is 1. The number of nitrogens with one attached hydrogen (secondary N) is 1. The van der Waals surface area contributed by atoms with Gasteiger partial charge in [-0.2, -0.15) is 0 Å². The molecule has 2 N–H and O–H groups in total.